The lowest BCUT2D eigenvalue weighted by Crippen LogP contribution is -2.37. The fraction of sp³-hybridized carbons (Fsp3) is 0.200. The number of benzene rings is 2. The Labute approximate surface area is 157 Å². The third kappa shape index (κ3) is 5.24. The van der Waals surface area contributed by atoms with Crippen molar-refractivity contribution in [2.24, 2.45) is 0 Å². The Balaban J connectivity index is 1.38. The summed E-state index contributed by atoms with van der Waals surface area (Å²) in [6.45, 7) is 1.12. The number of nitrogens with one attached hydrogen (secondary N) is 2. The summed E-state index contributed by atoms with van der Waals surface area (Å²) < 4.78 is 12.6. The van der Waals surface area contributed by atoms with Crippen LogP contribution in [-0.2, 0) is 6.54 Å². The fourth-order valence-electron chi connectivity index (χ4n) is 2.48. The molecule has 0 saturated heterocycles. The molecule has 0 aliphatic carbocycles. The minimum Gasteiger partial charge on any atom is -0.493 e. The Kier molecular flexibility index (Phi) is 6.30. The van der Waals surface area contributed by atoms with Gasteiger partial charge in [-0.05, 0) is 24.3 Å². The summed E-state index contributed by atoms with van der Waals surface area (Å²) in [6, 6.07) is 16.9. The molecular formula is C20H22N4O3. The van der Waals surface area contributed by atoms with Gasteiger partial charge in [0, 0.05) is 18.3 Å². The van der Waals surface area contributed by atoms with E-state index in [4.69, 9.17) is 9.47 Å². The van der Waals surface area contributed by atoms with E-state index in [9.17, 15) is 4.79 Å². The van der Waals surface area contributed by atoms with Crippen LogP contribution < -0.4 is 20.1 Å². The number of nitrogens with zero attached hydrogens (tertiary/aromatic N) is 2. The number of aromatic nitrogens is 2. The molecule has 2 amide bonds. The number of hydrogen-bond acceptors (Lipinski definition) is 4. The summed E-state index contributed by atoms with van der Waals surface area (Å²) in [5.74, 6) is 1.31. The van der Waals surface area contributed by atoms with Gasteiger partial charge in [0.05, 0.1) is 25.5 Å². The average molecular weight is 366 g/mol. The smallest absolute Gasteiger partial charge is 0.315 e. The number of para-hydroxylation sites is 3. The molecule has 140 valence electrons. The first kappa shape index (κ1) is 18.3. The van der Waals surface area contributed by atoms with Crippen molar-refractivity contribution >= 4 is 6.03 Å². The SMILES string of the molecule is COc1ccccc1OCCNC(=O)NCc1cnn(-c2ccccc2)c1. The van der Waals surface area contributed by atoms with Crippen LogP contribution in [0.4, 0.5) is 4.79 Å². The second-order valence-electron chi connectivity index (χ2n) is 5.74. The molecule has 0 bridgehead atoms. The molecule has 0 unspecified atom stereocenters. The summed E-state index contributed by atoms with van der Waals surface area (Å²) in [7, 11) is 1.59. The summed E-state index contributed by atoms with van der Waals surface area (Å²) >= 11 is 0. The molecule has 0 aliphatic heterocycles. The number of amides is 2. The molecule has 7 nitrogen and oxygen atoms in total. The van der Waals surface area contributed by atoms with E-state index in [0.29, 0.717) is 31.2 Å². The van der Waals surface area contributed by atoms with Crippen LogP contribution in [0.3, 0.4) is 0 Å². The Bertz CT molecular complexity index is 864. The van der Waals surface area contributed by atoms with Crippen LogP contribution in [0.1, 0.15) is 5.56 Å². The van der Waals surface area contributed by atoms with E-state index in [-0.39, 0.29) is 6.03 Å². The van der Waals surface area contributed by atoms with E-state index in [1.165, 1.54) is 0 Å². The molecule has 0 atom stereocenters. The van der Waals surface area contributed by atoms with E-state index in [1.807, 2.05) is 60.8 Å². The fourth-order valence-corrected chi connectivity index (χ4v) is 2.48. The van der Waals surface area contributed by atoms with Crippen molar-refractivity contribution in [3.63, 3.8) is 0 Å². The molecule has 0 aliphatic rings. The number of ether oxygens (including phenoxy) is 2. The molecule has 0 radical (unpaired) electrons. The Hall–Kier alpha value is -3.48. The van der Waals surface area contributed by atoms with Gasteiger partial charge in [0.15, 0.2) is 11.5 Å². The lowest BCUT2D eigenvalue weighted by atomic mass is 10.3. The molecule has 2 N–H and O–H groups in total. The zero-order chi connectivity index (χ0) is 18.9. The highest BCUT2D eigenvalue weighted by atomic mass is 16.5. The van der Waals surface area contributed by atoms with Crippen molar-refractivity contribution in [3.05, 3.63) is 72.6 Å². The van der Waals surface area contributed by atoms with E-state index in [1.54, 1.807) is 18.0 Å². The van der Waals surface area contributed by atoms with Gasteiger partial charge in [-0.1, -0.05) is 30.3 Å². The molecule has 1 heterocycles. The maximum Gasteiger partial charge on any atom is 0.315 e. The minimum atomic E-state index is -0.258. The monoisotopic (exact) mass is 366 g/mol. The van der Waals surface area contributed by atoms with Crippen molar-refractivity contribution in [2.45, 2.75) is 6.54 Å². The van der Waals surface area contributed by atoms with Gasteiger partial charge in [-0.3, -0.25) is 0 Å². The number of carbonyl (C=O) groups excluding carboxylic acids is 1. The third-order valence-corrected chi connectivity index (χ3v) is 3.82. The molecule has 0 saturated carbocycles. The first-order valence-electron chi connectivity index (χ1n) is 8.63. The number of urea groups is 1. The molecule has 2 aromatic carbocycles. The van der Waals surface area contributed by atoms with Crippen molar-refractivity contribution in [1.82, 2.24) is 20.4 Å². The lowest BCUT2D eigenvalue weighted by molar-refractivity contribution is 0.235. The van der Waals surface area contributed by atoms with Crippen molar-refractivity contribution < 1.29 is 14.3 Å². The molecule has 7 heteroatoms. The van der Waals surface area contributed by atoms with Gasteiger partial charge in [-0.2, -0.15) is 5.10 Å². The second kappa shape index (κ2) is 9.28. The maximum atomic E-state index is 11.9. The van der Waals surface area contributed by atoms with Gasteiger partial charge >= 0.3 is 6.03 Å². The van der Waals surface area contributed by atoms with Gasteiger partial charge in [0.1, 0.15) is 6.61 Å². The topological polar surface area (TPSA) is 77.4 Å². The van der Waals surface area contributed by atoms with E-state index in [0.717, 1.165) is 11.3 Å². The predicted molar refractivity (Wildman–Crippen MR) is 102 cm³/mol. The predicted octanol–water partition coefficient (Wildman–Crippen LogP) is 2.76. The van der Waals surface area contributed by atoms with Crippen molar-refractivity contribution in [1.29, 1.82) is 0 Å². The molecule has 0 fully saturated rings. The van der Waals surface area contributed by atoms with E-state index >= 15 is 0 Å². The normalized spacial score (nSPS) is 10.3. The molecule has 27 heavy (non-hydrogen) atoms. The van der Waals surface area contributed by atoms with Crippen LogP contribution in [0.5, 0.6) is 11.5 Å². The number of hydrogen-bond donors (Lipinski definition) is 2. The summed E-state index contributed by atoms with van der Waals surface area (Å²) in [4.78, 5) is 11.9. The summed E-state index contributed by atoms with van der Waals surface area (Å²) in [6.07, 6.45) is 3.62. The molecular weight excluding hydrogens is 344 g/mol. The van der Waals surface area contributed by atoms with Gasteiger partial charge in [0.2, 0.25) is 0 Å². The van der Waals surface area contributed by atoms with Crippen LogP contribution in [0.25, 0.3) is 5.69 Å². The standard InChI is InChI=1S/C20H22N4O3/c1-26-18-9-5-6-10-19(18)27-12-11-21-20(25)22-13-16-14-23-24(15-16)17-7-3-2-4-8-17/h2-10,14-15H,11-13H2,1H3,(H2,21,22,25). The highest BCUT2D eigenvalue weighted by Gasteiger charge is 2.05. The van der Waals surface area contributed by atoms with Gasteiger partial charge in [-0.25, -0.2) is 9.48 Å². The first-order valence-corrected chi connectivity index (χ1v) is 8.63. The molecule has 3 aromatic rings. The molecule has 0 spiro atoms. The van der Waals surface area contributed by atoms with Crippen LogP contribution in [0.2, 0.25) is 0 Å². The second-order valence-corrected chi connectivity index (χ2v) is 5.74. The largest absolute Gasteiger partial charge is 0.493 e. The Morgan fingerprint density at radius 2 is 1.78 bits per heavy atom. The highest BCUT2D eigenvalue weighted by molar-refractivity contribution is 5.73. The van der Waals surface area contributed by atoms with Gasteiger partial charge < -0.3 is 20.1 Å². The Morgan fingerprint density at radius 3 is 2.56 bits per heavy atom. The van der Waals surface area contributed by atoms with Crippen LogP contribution in [0.15, 0.2) is 67.0 Å². The number of carbonyl (C=O) groups is 1. The quantitative estimate of drug-likeness (QED) is 0.601. The Morgan fingerprint density at radius 1 is 1.04 bits per heavy atom. The first-order chi connectivity index (χ1) is 13.3. The minimum absolute atomic E-state index is 0.258. The number of rotatable bonds is 8. The lowest BCUT2D eigenvalue weighted by Gasteiger charge is -2.11. The highest BCUT2D eigenvalue weighted by Crippen LogP contribution is 2.25. The van der Waals surface area contributed by atoms with Crippen LogP contribution in [-0.4, -0.2) is 36.1 Å². The van der Waals surface area contributed by atoms with E-state index in [2.05, 4.69) is 15.7 Å². The molecule has 3 rings (SSSR count). The third-order valence-electron chi connectivity index (χ3n) is 3.82. The molecule has 1 aromatic heterocycles. The zero-order valence-corrected chi connectivity index (χ0v) is 15.1. The van der Waals surface area contributed by atoms with Crippen LogP contribution >= 0.6 is 0 Å². The maximum absolute atomic E-state index is 11.9. The van der Waals surface area contributed by atoms with Gasteiger partial charge in [0.25, 0.3) is 0 Å². The summed E-state index contributed by atoms with van der Waals surface area (Å²) in [5.41, 5.74) is 1.89. The van der Waals surface area contributed by atoms with Crippen molar-refractivity contribution in [2.75, 3.05) is 20.3 Å². The van der Waals surface area contributed by atoms with Crippen molar-refractivity contribution in [3.8, 4) is 17.2 Å². The zero-order valence-electron chi connectivity index (χ0n) is 15.1. The van der Waals surface area contributed by atoms with Crippen LogP contribution in [0, 0.1) is 0 Å². The van der Waals surface area contributed by atoms with E-state index < -0.39 is 0 Å². The van der Waals surface area contributed by atoms with Gasteiger partial charge in [-0.15, -0.1) is 0 Å². The summed E-state index contributed by atoms with van der Waals surface area (Å²) in [5, 5.41) is 9.86. The number of methoxy groups -OCH3 is 1. The average Bonchev–Trinajstić information content (AvgIpc) is 3.20.